The lowest BCUT2D eigenvalue weighted by atomic mass is 9.96. The van der Waals surface area contributed by atoms with Crippen LogP contribution in [-0.2, 0) is 4.79 Å². The van der Waals surface area contributed by atoms with Gasteiger partial charge in [-0.15, -0.1) is 0 Å². The summed E-state index contributed by atoms with van der Waals surface area (Å²) < 4.78 is 10.3. The van der Waals surface area contributed by atoms with Gasteiger partial charge in [0, 0.05) is 6.92 Å². The Morgan fingerprint density at radius 2 is 1.40 bits per heavy atom. The van der Waals surface area contributed by atoms with Crippen molar-refractivity contribution < 1.29 is 14.3 Å². The third-order valence-corrected chi connectivity index (χ3v) is 3.18. The van der Waals surface area contributed by atoms with Crippen LogP contribution in [0.2, 0.25) is 0 Å². The first kappa shape index (κ1) is 14.1. The van der Waals surface area contributed by atoms with Gasteiger partial charge >= 0.3 is 5.97 Å². The number of ether oxygens (including phenoxy) is 2. The van der Waals surface area contributed by atoms with Crippen molar-refractivity contribution in [3.63, 3.8) is 0 Å². The number of methoxy groups -OCH3 is 1. The monoisotopic (exact) mass is 270 g/mol. The molecule has 104 valence electrons. The number of hydrogen-bond donors (Lipinski definition) is 0. The Kier molecular flexibility index (Phi) is 4.08. The summed E-state index contributed by atoms with van der Waals surface area (Å²) in [5.41, 5.74) is 4.49. The molecular formula is C17H18O3. The lowest BCUT2D eigenvalue weighted by Crippen LogP contribution is -2.01. The number of carbonyl (C=O) groups excluding carboxylic acids is 1. The Morgan fingerprint density at radius 1 is 0.900 bits per heavy atom. The Hall–Kier alpha value is -2.29. The van der Waals surface area contributed by atoms with Gasteiger partial charge in [-0.3, -0.25) is 4.79 Å². The van der Waals surface area contributed by atoms with Crippen molar-refractivity contribution in [2.45, 2.75) is 20.8 Å². The zero-order chi connectivity index (χ0) is 14.7. The van der Waals surface area contributed by atoms with Gasteiger partial charge in [-0.05, 0) is 60.4 Å². The van der Waals surface area contributed by atoms with Crippen LogP contribution in [0, 0.1) is 13.8 Å². The van der Waals surface area contributed by atoms with E-state index in [1.54, 1.807) is 7.11 Å². The van der Waals surface area contributed by atoms with Crippen LogP contribution in [0.25, 0.3) is 11.1 Å². The van der Waals surface area contributed by atoms with Gasteiger partial charge in [-0.1, -0.05) is 12.1 Å². The third-order valence-electron chi connectivity index (χ3n) is 3.18. The number of benzene rings is 2. The van der Waals surface area contributed by atoms with E-state index < -0.39 is 0 Å². The topological polar surface area (TPSA) is 35.5 Å². The minimum Gasteiger partial charge on any atom is -0.497 e. The van der Waals surface area contributed by atoms with E-state index in [0.29, 0.717) is 5.75 Å². The van der Waals surface area contributed by atoms with Gasteiger partial charge in [-0.2, -0.15) is 0 Å². The van der Waals surface area contributed by atoms with Crippen LogP contribution < -0.4 is 9.47 Å². The number of carbonyl (C=O) groups is 1. The fourth-order valence-corrected chi connectivity index (χ4v) is 2.23. The molecule has 0 amide bonds. The molecule has 0 N–H and O–H groups in total. The second-order valence-electron chi connectivity index (χ2n) is 4.75. The molecule has 0 radical (unpaired) electrons. The SMILES string of the molecule is COc1ccc(-c2ccc(OC(C)=O)cc2C)c(C)c1. The van der Waals surface area contributed by atoms with Crippen molar-refractivity contribution >= 4 is 5.97 Å². The summed E-state index contributed by atoms with van der Waals surface area (Å²) in [6, 6.07) is 11.7. The molecule has 0 atom stereocenters. The van der Waals surface area contributed by atoms with Gasteiger partial charge in [0.2, 0.25) is 0 Å². The van der Waals surface area contributed by atoms with Gasteiger partial charge in [0.15, 0.2) is 0 Å². The molecule has 0 aromatic heterocycles. The number of esters is 1. The van der Waals surface area contributed by atoms with Crippen molar-refractivity contribution in [1.82, 2.24) is 0 Å². The minimum atomic E-state index is -0.308. The smallest absolute Gasteiger partial charge is 0.308 e. The standard InChI is InChI=1S/C17H18O3/c1-11-9-14(19-4)5-7-16(11)17-8-6-15(10-12(17)2)20-13(3)18/h5-10H,1-4H3. The average Bonchev–Trinajstić information content (AvgIpc) is 2.39. The molecule has 3 nitrogen and oxygen atoms in total. The molecule has 2 aromatic rings. The normalized spacial score (nSPS) is 10.2. The molecule has 0 bridgehead atoms. The first-order valence-electron chi connectivity index (χ1n) is 6.45. The van der Waals surface area contributed by atoms with E-state index in [-0.39, 0.29) is 5.97 Å². The molecule has 2 aromatic carbocycles. The molecule has 0 saturated carbocycles. The molecule has 0 fully saturated rings. The highest BCUT2D eigenvalue weighted by molar-refractivity contribution is 5.73. The molecule has 0 aliphatic carbocycles. The minimum absolute atomic E-state index is 0.308. The van der Waals surface area contributed by atoms with Crippen molar-refractivity contribution in [2.75, 3.05) is 7.11 Å². The summed E-state index contributed by atoms with van der Waals surface area (Å²) in [5, 5.41) is 0. The molecule has 0 aliphatic rings. The van der Waals surface area contributed by atoms with Crippen molar-refractivity contribution in [1.29, 1.82) is 0 Å². The van der Waals surface area contributed by atoms with Crippen LogP contribution in [0.5, 0.6) is 11.5 Å². The van der Waals surface area contributed by atoms with E-state index in [1.807, 2.05) is 43.3 Å². The first-order chi connectivity index (χ1) is 9.51. The summed E-state index contributed by atoms with van der Waals surface area (Å²) >= 11 is 0. The van der Waals surface area contributed by atoms with Gasteiger partial charge in [0.25, 0.3) is 0 Å². The predicted octanol–water partition coefficient (Wildman–Crippen LogP) is 3.90. The Morgan fingerprint density at radius 3 is 1.85 bits per heavy atom. The fraction of sp³-hybridized carbons (Fsp3) is 0.235. The summed E-state index contributed by atoms with van der Waals surface area (Å²) in [6.45, 7) is 5.46. The maximum Gasteiger partial charge on any atom is 0.308 e. The van der Waals surface area contributed by atoms with Gasteiger partial charge in [0.05, 0.1) is 7.11 Å². The zero-order valence-corrected chi connectivity index (χ0v) is 12.2. The molecule has 0 heterocycles. The molecule has 20 heavy (non-hydrogen) atoms. The van der Waals surface area contributed by atoms with Crippen LogP contribution in [0.1, 0.15) is 18.1 Å². The van der Waals surface area contributed by atoms with E-state index in [1.165, 1.54) is 6.92 Å². The van der Waals surface area contributed by atoms with Crippen LogP contribution in [0.3, 0.4) is 0 Å². The number of rotatable bonds is 3. The summed E-state index contributed by atoms with van der Waals surface area (Å²) in [5.74, 6) is 1.11. The van der Waals surface area contributed by atoms with E-state index in [4.69, 9.17) is 9.47 Å². The summed E-state index contributed by atoms with van der Waals surface area (Å²) in [4.78, 5) is 11.0. The molecule has 0 saturated heterocycles. The highest BCUT2D eigenvalue weighted by atomic mass is 16.5. The van der Waals surface area contributed by atoms with E-state index in [9.17, 15) is 4.79 Å². The van der Waals surface area contributed by atoms with Crippen molar-refractivity contribution in [3.8, 4) is 22.6 Å². The number of aryl methyl sites for hydroxylation is 2. The van der Waals surface area contributed by atoms with Gasteiger partial charge in [-0.25, -0.2) is 0 Å². The van der Waals surface area contributed by atoms with E-state index in [0.717, 1.165) is 28.0 Å². The van der Waals surface area contributed by atoms with E-state index in [2.05, 4.69) is 6.92 Å². The van der Waals surface area contributed by atoms with Crippen molar-refractivity contribution in [3.05, 3.63) is 47.5 Å². The van der Waals surface area contributed by atoms with Crippen LogP contribution >= 0.6 is 0 Å². The predicted molar refractivity (Wildman–Crippen MR) is 79.2 cm³/mol. The molecule has 3 heteroatoms. The lowest BCUT2D eigenvalue weighted by Gasteiger charge is -2.12. The maximum absolute atomic E-state index is 11.0. The second kappa shape index (κ2) is 5.78. The fourth-order valence-electron chi connectivity index (χ4n) is 2.23. The van der Waals surface area contributed by atoms with Crippen LogP contribution in [0.4, 0.5) is 0 Å². The Labute approximate surface area is 119 Å². The largest absolute Gasteiger partial charge is 0.497 e. The third kappa shape index (κ3) is 2.99. The van der Waals surface area contributed by atoms with Gasteiger partial charge < -0.3 is 9.47 Å². The van der Waals surface area contributed by atoms with Crippen molar-refractivity contribution in [2.24, 2.45) is 0 Å². The van der Waals surface area contributed by atoms with Crippen LogP contribution in [0.15, 0.2) is 36.4 Å². The highest BCUT2D eigenvalue weighted by Crippen LogP contribution is 2.31. The average molecular weight is 270 g/mol. The quantitative estimate of drug-likeness (QED) is 0.626. The summed E-state index contributed by atoms with van der Waals surface area (Å²) in [7, 11) is 1.66. The molecule has 0 aliphatic heterocycles. The first-order valence-corrected chi connectivity index (χ1v) is 6.45. The molecule has 0 spiro atoms. The van der Waals surface area contributed by atoms with Crippen LogP contribution in [-0.4, -0.2) is 13.1 Å². The molecule has 0 unspecified atom stereocenters. The van der Waals surface area contributed by atoms with E-state index >= 15 is 0 Å². The summed E-state index contributed by atoms with van der Waals surface area (Å²) in [6.07, 6.45) is 0. The van der Waals surface area contributed by atoms with Gasteiger partial charge in [0.1, 0.15) is 11.5 Å². The maximum atomic E-state index is 11.0. The zero-order valence-electron chi connectivity index (χ0n) is 12.2. The lowest BCUT2D eigenvalue weighted by molar-refractivity contribution is -0.131. The second-order valence-corrected chi connectivity index (χ2v) is 4.75. The highest BCUT2D eigenvalue weighted by Gasteiger charge is 2.08. The Bertz CT molecular complexity index is 645. The number of hydrogen-bond acceptors (Lipinski definition) is 3. The Balaban J connectivity index is 2.40. The molecule has 2 rings (SSSR count). The molecular weight excluding hydrogens is 252 g/mol.